The molecule has 0 aromatic heterocycles. The highest BCUT2D eigenvalue weighted by atomic mass is 16.3. The summed E-state index contributed by atoms with van der Waals surface area (Å²) in [4.78, 5) is 0. The maximum atomic E-state index is 9.97. The Hall–Kier alpha value is -1.08. The lowest BCUT2D eigenvalue weighted by atomic mass is 9.58. The highest BCUT2D eigenvalue weighted by Gasteiger charge is 2.47. The molecule has 1 aliphatic carbocycles. The van der Waals surface area contributed by atoms with Gasteiger partial charge in [0.2, 0.25) is 0 Å². The first-order valence-electron chi connectivity index (χ1n) is 6.17. The van der Waals surface area contributed by atoms with E-state index in [0.717, 1.165) is 19.3 Å². The molecule has 0 bridgehead atoms. The molecule has 0 spiro atoms. The fourth-order valence-corrected chi connectivity index (χ4v) is 2.82. The Morgan fingerprint density at radius 1 is 1.25 bits per heavy atom. The predicted octanol–water partition coefficient (Wildman–Crippen LogP) is 3.64. The molecule has 1 saturated carbocycles. The summed E-state index contributed by atoms with van der Waals surface area (Å²) in [5, 5.41) is 9.97. The van der Waals surface area contributed by atoms with Gasteiger partial charge in [-0.25, -0.2) is 0 Å². The van der Waals surface area contributed by atoms with Gasteiger partial charge in [-0.3, -0.25) is 0 Å². The Balaban J connectivity index is 2.26. The summed E-state index contributed by atoms with van der Waals surface area (Å²) in [6.45, 7) is 4.34. The van der Waals surface area contributed by atoms with Crippen molar-refractivity contribution in [3.8, 4) is 0 Å². The fourth-order valence-electron chi connectivity index (χ4n) is 2.82. The molecule has 1 aromatic carbocycles. The lowest BCUT2D eigenvalue weighted by Gasteiger charge is -2.49. The molecule has 1 unspecified atom stereocenters. The molecule has 1 aliphatic rings. The second-order valence-corrected chi connectivity index (χ2v) is 4.66. The maximum absolute atomic E-state index is 9.97. The van der Waals surface area contributed by atoms with Crippen LogP contribution < -0.4 is 0 Å². The SMILES string of the molecule is CCC1(CC)/C(=C\c2ccccc2)CC1O. The van der Waals surface area contributed by atoms with Crippen molar-refractivity contribution in [3.05, 3.63) is 41.5 Å². The van der Waals surface area contributed by atoms with Crippen LogP contribution in [0.15, 0.2) is 35.9 Å². The van der Waals surface area contributed by atoms with E-state index in [9.17, 15) is 5.11 Å². The zero-order chi connectivity index (χ0) is 11.6. The number of hydrogen-bond acceptors (Lipinski definition) is 1. The summed E-state index contributed by atoms with van der Waals surface area (Å²) in [7, 11) is 0. The van der Waals surface area contributed by atoms with Gasteiger partial charge in [-0.05, 0) is 24.8 Å². The van der Waals surface area contributed by atoms with E-state index in [4.69, 9.17) is 0 Å². The van der Waals surface area contributed by atoms with Crippen LogP contribution in [0.1, 0.15) is 38.7 Å². The smallest absolute Gasteiger partial charge is 0.0670 e. The molecule has 0 saturated heterocycles. The van der Waals surface area contributed by atoms with Crippen molar-refractivity contribution in [1.82, 2.24) is 0 Å². The van der Waals surface area contributed by atoms with Crippen molar-refractivity contribution in [3.63, 3.8) is 0 Å². The van der Waals surface area contributed by atoms with E-state index < -0.39 is 0 Å². The van der Waals surface area contributed by atoms with Crippen LogP contribution >= 0.6 is 0 Å². The van der Waals surface area contributed by atoms with Crippen LogP contribution in [0, 0.1) is 5.41 Å². The lowest BCUT2D eigenvalue weighted by Crippen LogP contribution is -2.46. The number of benzene rings is 1. The van der Waals surface area contributed by atoms with E-state index in [1.165, 1.54) is 11.1 Å². The van der Waals surface area contributed by atoms with Gasteiger partial charge >= 0.3 is 0 Å². The third-order valence-electron chi connectivity index (χ3n) is 4.09. The van der Waals surface area contributed by atoms with E-state index in [1.54, 1.807) is 0 Å². The molecule has 2 rings (SSSR count). The van der Waals surface area contributed by atoms with Crippen LogP contribution in [-0.4, -0.2) is 11.2 Å². The van der Waals surface area contributed by atoms with Gasteiger partial charge in [0, 0.05) is 5.41 Å². The Labute approximate surface area is 97.8 Å². The van der Waals surface area contributed by atoms with Crippen molar-refractivity contribution in [2.45, 2.75) is 39.2 Å². The second kappa shape index (κ2) is 4.42. The molecule has 0 radical (unpaired) electrons. The summed E-state index contributed by atoms with van der Waals surface area (Å²) in [5.41, 5.74) is 2.71. The van der Waals surface area contributed by atoms with Gasteiger partial charge < -0.3 is 5.11 Å². The van der Waals surface area contributed by atoms with Crippen LogP contribution in [0.5, 0.6) is 0 Å². The largest absolute Gasteiger partial charge is 0.392 e. The van der Waals surface area contributed by atoms with Crippen molar-refractivity contribution in [1.29, 1.82) is 0 Å². The van der Waals surface area contributed by atoms with Gasteiger partial charge in [-0.15, -0.1) is 0 Å². The Bertz CT molecular complexity index is 374. The molecule has 1 nitrogen and oxygen atoms in total. The summed E-state index contributed by atoms with van der Waals surface area (Å²) < 4.78 is 0. The van der Waals surface area contributed by atoms with Gasteiger partial charge in [0.15, 0.2) is 0 Å². The van der Waals surface area contributed by atoms with E-state index in [0.29, 0.717) is 0 Å². The standard InChI is InChI=1S/C15H20O/c1-3-15(4-2)13(11-14(15)16)10-12-8-6-5-7-9-12/h5-10,14,16H,3-4,11H2,1-2H3/b13-10-. The second-order valence-electron chi connectivity index (χ2n) is 4.66. The quantitative estimate of drug-likeness (QED) is 0.817. The molecule has 0 heterocycles. The predicted molar refractivity (Wildman–Crippen MR) is 68.1 cm³/mol. The molecule has 16 heavy (non-hydrogen) atoms. The Morgan fingerprint density at radius 3 is 2.38 bits per heavy atom. The summed E-state index contributed by atoms with van der Waals surface area (Å²) in [5.74, 6) is 0. The average molecular weight is 216 g/mol. The van der Waals surface area contributed by atoms with Crippen molar-refractivity contribution in [2.24, 2.45) is 5.41 Å². The van der Waals surface area contributed by atoms with Gasteiger partial charge in [0.1, 0.15) is 0 Å². The molecular formula is C15H20O. The van der Waals surface area contributed by atoms with Crippen LogP contribution in [0.25, 0.3) is 6.08 Å². The molecule has 1 N–H and O–H groups in total. The maximum Gasteiger partial charge on any atom is 0.0670 e. The lowest BCUT2D eigenvalue weighted by molar-refractivity contribution is -0.0113. The minimum atomic E-state index is -0.141. The van der Waals surface area contributed by atoms with E-state index >= 15 is 0 Å². The molecule has 1 aromatic rings. The average Bonchev–Trinajstić information content (AvgIpc) is 2.32. The number of aliphatic hydroxyl groups is 1. The van der Waals surface area contributed by atoms with Crippen LogP contribution in [-0.2, 0) is 0 Å². The first-order chi connectivity index (χ1) is 7.73. The third-order valence-corrected chi connectivity index (χ3v) is 4.09. The van der Waals surface area contributed by atoms with Crippen molar-refractivity contribution in [2.75, 3.05) is 0 Å². The first kappa shape index (κ1) is 11.4. The van der Waals surface area contributed by atoms with Crippen molar-refractivity contribution < 1.29 is 5.11 Å². The Kier molecular flexibility index (Phi) is 3.15. The molecule has 86 valence electrons. The van der Waals surface area contributed by atoms with Crippen LogP contribution in [0.3, 0.4) is 0 Å². The van der Waals surface area contributed by atoms with E-state index in [1.807, 2.05) is 6.07 Å². The molecule has 0 aliphatic heterocycles. The number of aliphatic hydroxyl groups excluding tert-OH is 1. The zero-order valence-electron chi connectivity index (χ0n) is 10.1. The molecule has 1 heteroatoms. The summed E-state index contributed by atoms with van der Waals surface area (Å²) in [6.07, 6.45) is 5.01. The van der Waals surface area contributed by atoms with Crippen LogP contribution in [0.4, 0.5) is 0 Å². The minimum Gasteiger partial charge on any atom is -0.392 e. The van der Waals surface area contributed by atoms with Crippen molar-refractivity contribution >= 4 is 6.08 Å². The Morgan fingerprint density at radius 2 is 1.88 bits per heavy atom. The van der Waals surface area contributed by atoms with Gasteiger partial charge in [-0.2, -0.15) is 0 Å². The molecule has 1 atom stereocenters. The van der Waals surface area contributed by atoms with Crippen LogP contribution in [0.2, 0.25) is 0 Å². The third kappa shape index (κ3) is 1.69. The normalized spacial score (nSPS) is 25.4. The monoisotopic (exact) mass is 216 g/mol. The molecule has 0 amide bonds. The zero-order valence-corrected chi connectivity index (χ0v) is 10.1. The fraction of sp³-hybridized carbons (Fsp3) is 0.467. The van der Waals surface area contributed by atoms with Gasteiger partial charge in [-0.1, -0.05) is 55.8 Å². The first-order valence-corrected chi connectivity index (χ1v) is 6.17. The molecular weight excluding hydrogens is 196 g/mol. The molecule has 1 fully saturated rings. The highest BCUT2D eigenvalue weighted by Crippen LogP contribution is 2.52. The van der Waals surface area contributed by atoms with Gasteiger partial charge in [0.05, 0.1) is 6.10 Å². The highest BCUT2D eigenvalue weighted by molar-refractivity contribution is 5.57. The number of hydrogen-bond donors (Lipinski definition) is 1. The summed E-state index contributed by atoms with van der Waals surface area (Å²) >= 11 is 0. The van der Waals surface area contributed by atoms with Gasteiger partial charge in [0.25, 0.3) is 0 Å². The van der Waals surface area contributed by atoms with E-state index in [-0.39, 0.29) is 11.5 Å². The number of rotatable bonds is 3. The van der Waals surface area contributed by atoms with E-state index in [2.05, 4.69) is 44.2 Å². The topological polar surface area (TPSA) is 20.2 Å². The summed E-state index contributed by atoms with van der Waals surface area (Å²) in [6, 6.07) is 10.4. The minimum absolute atomic E-state index is 0.0514.